The molecule has 2 rings (SSSR count). The van der Waals surface area contributed by atoms with E-state index in [-0.39, 0.29) is 11.9 Å². The van der Waals surface area contributed by atoms with Gasteiger partial charge in [-0.15, -0.1) is 0 Å². The third-order valence-corrected chi connectivity index (χ3v) is 3.37. The van der Waals surface area contributed by atoms with E-state index in [9.17, 15) is 4.79 Å². The number of anilines is 2. The van der Waals surface area contributed by atoms with Gasteiger partial charge in [-0.2, -0.15) is 0 Å². The van der Waals surface area contributed by atoms with Gasteiger partial charge in [-0.3, -0.25) is 4.79 Å². The fourth-order valence-electron chi connectivity index (χ4n) is 2.47. The van der Waals surface area contributed by atoms with Crippen LogP contribution in [0, 0.1) is 12.8 Å². The van der Waals surface area contributed by atoms with Crippen LogP contribution in [0.4, 0.5) is 11.5 Å². The van der Waals surface area contributed by atoms with Crippen molar-refractivity contribution in [1.29, 1.82) is 0 Å². The Bertz CT molecular complexity index is 462. The van der Waals surface area contributed by atoms with Gasteiger partial charge in [0.15, 0.2) is 5.82 Å². The molecular formula is C14H21N3O2. The van der Waals surface area contributed by atoms with Gasteiger partial charge in [0.05, 0.1) is 18.2 Å². The number of esters is 1. The van der Waals surface area contributed by atoms with Crippen LogP contribution in [0.2, 0.25) is 0 Å². The van der Waals surface area contributed by atoms with Crippen LogP contribution in [-0.2, 0) is 9.53 Å². The molecule has 0 aromatic carbocycles. The summed E-state index contributed by atoms with van der Waals surface area (Å²) in [6.07, 6.45) is 3.64. The van der Waals surface area contributed by atoms with Crippen molar-refractivity contribution in [3.05, 3.63) is 17.8 Å². The number of piperidine rings is 1. The highest BCUT2D eigenvalue weighted by molar-refractivity contribution is 5.74. The zero-order valence-electron chi connectivity index (χ0n) is 11.6. The number of nitrogen functional groups attached to an aromatic ring is 1. The molecule has 1 aromatic rings. The van der Waals surface area contributed by atoms with E-state index in [2.05, 4.69) is 9.88 Å². The van der Waals surface area contributed by atoms with Crippen LogP contribution in [0.1, 0.15) is 25.3 Å². The maximum atomic E-state index is 11.8. The number of hydrogen-bond donors (Lipinski definition) is 1. The zero-order valence-corrected chi connectivity index (χ0v) is 11.6. The number of aromatic nitrogens is 1. The number of carbonyl (C=O) groups excluding carboxylic acids is 1. The predicted octanol–water partition coefficient (Wildman–Crippen LogP) is 1.75. The van der Waals surface area contributed by atoms with Crippen molar-refractivity contribution in [2.75, 3.05) is 30.3 Å². The first-order valence-electron chi connectivity index (χ1n) is 6.75. The molecular weight excluding hydrogens is 242 g/mol. The van der Waals surface area contributed by atoms with Crippen molar-refractivity contribution in [2.24, 2.45) is 5.92 Å². The summed E-state index contributed by atoms with van der Waals surface area (Å²) in [4.78, 5) is 18.3. The lowest BCUT2D eigenvalue weighted by molar-refractivity contribution is -0.148. The third-order valence-electron chi connectivity index (χ3n) is 3.37. The van der Waals surface area contributed by atoms with E-state index in [1.165, 1.54) is 0 Å². The molecule has 1 fully saturated rings. The van der Waals surface area contributed by atoms with Crippen molar-refractivity contribution in [3.8, 4) is 0 Å². The lowest BCUT2D eigenvalue weighted by Crippen LogP contribution is -2.40. The molecule has 0 aliphatic carbocycles. The van der Waals surface area contributed by atoms with Crippen molar-refractivity contribution in [2.45, 2.75) is 26.7 Å². The summed E-state index contributed by atoms with van der Waals surface area (Å²) in [6, 6.07) is 1.91. The number of rotatable bonds is 3. The van der Waals surface area contributed by atoms with Crippen LogP contribution in [0.3, 0.4) is 0 Å². The largest absolute Gasteiger partial charge is 0.466 e. The summed E-state index contributed by atoms with van der Waals surface area (Å²) < 4.78 is 5.10. The first-order valence-corrected chi connectivity index (χ1v) is 6.75. The Morgan fingerprint density at radius 1 is 1.63 bits per heavy atom. The molecule has 1 aromatic heterocycles. The molecule has 1 aliphatic heterocycles. The van der Waals surface area contributed by atoms with E-state index < -0.39 is 0 Å². The lowest BCUT2D eigenvalue weighted by Gasteiger charge is -2.33. The molecule has 5 heteroatoms. The maximum Gasteiger partial charge on any atom is 0.310 e. The van der Waals surface area contributed by atoms with Crippen molar-refractivity contribution < 1.29 is 9.53 Å². The number of hydrogen-bond acceptors (Lipinski definition) is 5. The second-order valence-corrected chi connectivity index (χ2v) is 4.96. The van der Waals surface area contributed by atoms with Crippen molar-refractivity contribution >= 4 is 17.5 Å². The van der Waals surface area contributed by atoms with Gasteiger partial charge >= 0.3 is 5.97 Å². The molecule has 0 radical (unpaired) electrons. The summed E-state index contributed by atoms with van der Waals surface area (Å²) in [5.41, 5.74) is 7.72. The van der Waals surface area contributed by atoms with Gasteiger partial charge in [0, 0.05) is 19.3 Å². The van der Waals surface area contributed by atoms with Crippen LogP contribution < -0.4 is 10.6 Å². The summed E-state index contributed by atoms with van der Waals surface area (Å²) in [7, 11) is 0. The highest BCUT2D eigenvalue weighted by Crippen LogP contribution is 2.27. The second kappa shape index (κ2) is 5.91. The van der Waals surface area contributed by atoms with Gasteiger partial charge in [0.2, 0.25) is 0 Å². The number of carbonyl (C=O) groups is 1. The van der Waals surface area contributed by atoms with Gasteiger partial charge in [0.1, 0.15) is 0 Å². The highest BCUT2D eigenvalue weighted by Gasteiger charge is 2.28. The van der Waals surface area contributed by atoms with E-state index in [0.717, 1.165) is 30.8 Å². The van der Waals surface area contributed by atoms with Crippen LogP contribution >= 0.6 is 0 Å². The molecule has 1 saturated heterocycles. The Hall–Kier alpha value is -1.78. The Morgan fingerprint density at radius 2 is 2.42 bits per heavy atom. The first kappa shape index (κ1) is 13.6. The minimum absolute atomic E-state index is 0.0730. The number of aryl methyl sites for hydroxylation is 1. The average Bonchev–Trinajstić information content (AvgIpc) is 2.39. The van der Waals surface area contributed by atoms with E-state index in [1.807, 2.05) is 19.9 Å². The van der Waals surface area contributed by atoms with E-state index in [4.69, 9.17) is 10.5 Å². The Kier molecular flexibility index (Phi) is 4.24. The molecule has 104 valence electrons. The molecule has 0 spiro atoms. The third kappa shape index (κ3) is 3.16. The molecule has 2 heterocycles. The molecule has 19 heavy (non-hydrogen) atoms. The predicted molar refractivity (Wildman–Crippen MR) is 75.0 cm³/mol. The maximum absolute atomic E-state index is 11.8. The van der Waals surface area contributed by atoms with Gasteiger partial charge < -0.3 is 15.4 Å². The molecule has 0 bridgehead atoms. The Balaban J connectivity index is 2.10. The van der Waals surface area contributed by atoms with Gasteiger partial charge in [-0.1, -0.05) is 0 Å². The molecule has 0 saturated carbocycles. The topological polar surface area (TPSA) is 68.5 Å². The van der Waals surface area contributed by atoms with Crippen LogP contribution in [0.25, 0.3) is 0 Å². The molecule has 1 unspecified atom stereocenters. The normalized spacial score (nSPS) is 19.3. The summed E-state index contributed by atoms with van der Waals surface area (Å²) in [5.74, 6) is 0.591. The Labute approximate surface area is 113 Å². The van der Waals surface area contributed by atoms with E-state index >= 15 is 0 Å². The van der Waals surface area contributed by atoms with E-state index in [1.54, 1.807) is 6.20 Å². The fraction of sp³-hybridized carbons (Fsp3) is 0.571. The fourth-order valence-corrected chi connectivity index (χ4v) is 2.47. The zero-order chi connectivity index (χ0) is 13.8. The molecule has 5 nitrogen and oxygen atoms in total. The molecule has 0 amide bonds. The minimum atomic E-state index is -0.113. The molecule has 1 aliphatic rings. The van der Waals surface area contributed by atoms with Crippen LogP contribution in [0.15, 0.2) is 12.3 Å². The monoisotopic (exact) mass is 263 g/mol. The van der Waals surface area contributed by atoms with Gasteiger partial charge in [0.25, 0.3) is 0 Å². The molecule has 1 atom stereocenters. The summed E-state index contributed by atoms with van der Waals surface area (Å²) in [5, 5.41) is 0. The Morgan fingerprint density at radius 3 is 3.11 bits per heavy atom. The SMILES string of the molecule is CCOC(=O)C1CCCN(c2ncc(C)cc2N)C1. The lowest BCUT2D eigenvalue weighted by atomic mass is 9.98. The first-order chi connectivity index (χ1) is 9.11. The van der Waals surface area contributed by atoms with Gasteiger partial charge in [-0.25, -0.2) is 4.98 Å². The number of ether oxygens (including phenoxy) is 1. The van der Waals surface area contributed by atoms with Crippen molar-refractivity contribution in [1.82, 2.24) is 4.98 Å². The van der Waals surface area contributed by atoms with Crippen molar-refractivity contribution in [3.63, 3.8) is 0 Å². The standard InChI is InChI=1S/C14H21N3O2/c1-3-19-14(18)11-5-4-6-17(9-11)13-12(15)7-10(2)8-16-13/h7-8,11H,3-6,9,15H2,1-2H3. The molecule has 2 N–H and O–H groups in total. The minimum Gasteiger partial charge on any atom is -0.466 e. The number of nitrogens with zero attached hydrogens (tertiary/aromatic N) is 2. The number of pyridine rings is 1. The smallest absolute Gasteiger partial charge is 0.310 e. The quantitative estimate of drug-likeness (QED) is 0.841. The average molecular weight is 263 g/mol. The van der Waals surface area contributed by atoms with E-state index in [0.29, 0.717) is 18.8 Å². The summed E-state index contributed by atoms with van der Waals surface area (Å²) in [6.45, 7) is 5.75. The highest BCUT2D eigenvalue weighted by atomic mass is 16.5. The second-order valence-electron chi connectivity index (χ2n) is 4.96. The van der Waals surface area contributed by atoms with Gasteiger partial charge in [-0.05, 0) is 38.3 Å². The van der Waals surface area contributed by atoms with Crippen LogP contribution in [0.5, 0.6) is 0 Å². The summed E-state index contributed by atoms with van der Waals surface area (Å²) >= 11 is 0. The van der Waals surface area contributed by atoms with Crippen LogP contribution in [-0.4, -0.2) is 30.6 Å². The number of nitrogens with two attached hydrogens (primary N) is 1.